The topological polar surface area (TPSA) is 73.9 Å². The van der Waals surface area contributed by atoms with E-state index in [0.29, 0.717) is 6.61 Å². The number of fused-ring (bicyclic) bond motifs is 1. The summed E-state index contributed by atoms with van der Waals surface area (Å²) in [7, 11) is 0. The van der Waals surface area contributed by atoms with Crippen LogP contribution in [0.3, 0.4) is 0 Å². The molecule has 0 bridgehead atoms. The zero-order valence-corrected chi connectivity index (χ0v) is 10.9. The molecule has 2 fully saturated rings. The van der Waals surface area contributed by atoms with Gasteiger partial charge in [0.2, 0.25) is 11.6 Å². The van der Waals surface area contributed by atoms with Crippen molar-refractivity contribution in [2.24, 2.45) is 0 Å². The van der Waals surface area contributed by atoms with E-state index in [1.165, 1.54) is 6.92 Å². The molecule has 0 aliphatic carbocycles. The molecular weight excluding hydrogens is 238 g/mol. The molecule has 0 aromatic rings. The van der Waals surface area contributed by atoms with Crippen LogP contribution in [0.25, 0.3) is 0 Å². The fourth-order valence-corrected chi connectivity index (χ4v) is 2.38. The fourth-order valence-electron chi connectivity index (χ4n) is 2.38. The molecule has 2 atom stereocenters. The molecule has 2 heterocycles. The number of Topliss-reactive ketones (excluding diaryl/α,β-unsaturated/α-hetero) is 1. The molecule has 0 radical (unpaired) electrons. The van der Waals surface area contributed by atoms with Crippen molar-refractivity contribution in [1.29, 1.82) is 0 Å². The van der Waals surface area contributed by atoms with Gasteiger partial charge in [0.25, 0.3) is 5.91 Å². The number of amides is 1. The molecule has 0 aromatic carbocycles. The second-order valence-corrected chi connectivity index (χ2v) is 5.15. The first-order chi connectivity index (χ1) is 8.35. The van der Waals surface area contributed by atoms with E-state index >= 15 is 0 Å². The Labute approximate surface area is 106 Å². The quantitative estimate of drug-likeness (QED) is 0.738. The maximum atomic E-state index is 11.3. The number of carbonyl (C=O) groups excluding carboxylic acids is 2. The third-order valence-corrected chi connectivity index (χ3v) is 3.11. The Morgan fingerprint density at radius 2 is 2.11 bits per heavy atom. The summed E-state index contributed by atoms with van der Waals surface area (Å²) in [6.07, 6.45) is 1.50. The van der Waals surface area contributed by atoms with Crippen LogP contribution in [-0.4, -0.2) is 42.5 Å². The lowest BCUT2D eigenvalue weighted by atomic mass is 10.0. The Balaban J connectivity index is 2.06. The van der Waals surface area contributed by atoms with Crippen molar-refractivity contribution in [3.8, 4) is 0 Å². The summed E-state index contributed by atoms with van der Waals surface area (Å²) in [6.45, 7) is 5.53. The van der Waals surface area contributed by atoms with Crippen molar-refractivity contribution in [3.63, 3.8) is 0 Å². The van der Waals surface area contributed by atoms with Gasteiger partial charge in [-0.1, -0.05) is 0 Å². The molecule has 2 saturated heterocycles. The van der Waals surface area contributed by atoms with Crippen molar-refractivity contribution in [3.05, 3.63) is 0 Å². The van der Waals surface area contributed by atoms with Crippen LogP contribution >= 0.6 is 0 Å². The van der Waals surface area contributed by atoms with Gasteiger partial charge in [-0.15, -0.1) is 0 Å². The average Bonchev–Trinajstić information content (AvgIpc) is 2.56. The Hall–Kier alpha value is -0.980. The Morgan fingerprint density at radius 3 is 2.78 bits per heavy atom. The van der Waals surface area contributed by atoms with Gasteiger partial charge in [0.1, 0.15) is 6.10 Å². The van der Waals surface area contributed by atoms with Crippen molar-refractivity contribution in [2.45, 2.75) is 51.3 Å². The van der Waals surface area contributed by atoms with Gasteiger partial charge in [-0.05, 0) is 26.7 Å². The molecule has 6 nitrogen and oxygen atoms in total. The van der Waals surface area contributed by atoms with Gasteiger partial charge in [0.15, 0.2) is 5.79 Å². The van der Waals surface area contributed by atoms with Crippen molar-refractivity contribution in [2.75, 3.05) is 13.2 Å². The standard InChI is InChI=1S/C12H19NO5/c1-8(14)10(15)13-7-12-9(5-4-6-16-12)17-11(2,3)18-12/h9H,4-7H2,1-3H3,(H,13,15). The zero-order valence-electron chi connectivity index (χ0n) is 10.9. The maximum Gasteiger partial charge on any atom is 0.287 e. The molecule has 0 saturated carbocycles. The average molecular weight is 257 g/mol. The van der Waals surface area contributed by atoms with E-state index in [9.17, 15) is 9.59 Å². The van der Waals surface area contributed by atoms with E-state index in [-0.39, 0.29) is 12.6 Å². The van der Waals surface area contributed by atoms with Crippen LogP contribution in [0.15, 0.2) is 0 Å². The molecule has 18 heavy (non-hydrogen) atoms. The second kappa shape index (κ2) is 4.60. The van der Waals surface area contributed by atoms with Crippen molar-refractivity contribution < 1.29 is 23.8 Å². The minimum Gasteiger partial charge on any atom is -0.346 e. The lowest BCUT2D eigenvalue weighted by Crippen LogP contribution is -2.55. The lowest BCUT2D eigenvalue weighted by Gasteiger charge is -2.36. The van der Waals surface area contributed by atoms with Gasteiger partial charge >= 0.3 is 0 Å². The van der Waals surface area contributed by atoms with Crippen LogP contribution < -0.4 is 5.32 Å². The SMILES string of the molecule is CC(=O)C(=O)NCC12OCCCC1OC(C)(C)O2. The second-order valence-electron chi connectivity index (χ2n) is 5.15. The fraction of sp³-hybridized carbons (Fsp3) is 0.833. The van der Waals surface area contributed by atoms with Crippen LogP contribution in [0, 0.1) is 0 Å². The van der Waals surface area contributed by atoms with E-state index < -0.39 is 23.3 Å². The van der Waals surface area contributed by atoms with Crippen molar-refractivity contribution >= 4 is 11.7 Å². The van der Waals surface area contributed by atoms with Gasteiger partial charge < -0.3 is 19.5 Å². The smallest absolute Gasteiger partial charge is 0.287 e. The summed E-state index contributed by atoms with van der Waals surface area (Å²) in [4.78, 5) is 22.2. The van der Waals surface area contributed by atoms with Gasteiger partial charge in [-0.25, -0.2) is 0 Å². The highest BCUT2D eigenvalue weighted by Crippen LogP contribution is 2.41. The highest BCUT2D eigenvalue weighted by Gasteiger charge is 2.55. The minimum atomic E-state index is -0.965. The van der Waals surface area contributed by atoms with Gasteiger partial charge in [-0.3, -0.25) is 9.59 Å². The van der Waals surface area contributed by atoms with Crippen LogP contribution in [0.1, 0.15) is 33.6 Å². The molecule has 2 aliphatic heterocycles. The maximum absolute atomic E-state index is 11.3. The first-order valence-corrected chi connectivity index (χ1v) is 6.15. The normalized spacial score (nSPS) is 33.8. The molecular formula is C12H19NO5. The predicted molar refractivity (Wildman–Crippen MR) is 61.6 cm³/mol. The third kappa shape index (κ3) is 2.55. The van der Waals surface area contributed by atoms with E-state index in [1.807, 2.05) is 13.8 Å². The van der Waals surface area contributed by atoms with Gasteiger partial charge in [0.05, 0.1) is 13.2 Å². The molecule has 2 rings (SSSR count). The summed E-state index contributed by atoms with van der Waals surface area (Å²) in [6, 6.07) is 0. The van der Waals surface area contributed by atoms with Crippen LogP contribution in [-0.2, 0) is 23.8 Å². The van der Waals surface area contributed by atoms with E-state index in [1.54, 1.807) is 0 Å². The van der Waals surface area contributed by atoms with Crippen LogP contribution in [0.5, 0.6) is 0 Å². The van der Waals surface area contributed by atoms with E-state index in [4.69, 9.17) is 14.2 Å². The Kier molecular flexibility index (Phi) is 3.44. The minimum absolute atomic E-state index is 0.125. The molecule has 2 unspecified atom stereocenters. The molecule has 0 aromatic heterocycles. The Morgan fingerprint density at radius 1 is 1.39 bits per heavy atom. The predicted octanol–water partition coefficient (Wildman–Crippen LogP) is 0.350. The summed E-state index contributed by atoms with van der Waals surface area (Å²) in [5.74, 6) is -2.87. The number of hydrogen-bond donors (Lipinski definition) is 1. The third-order valence-electron chi connectivity index (χ3n) is 3.11. The van der Waals surface area contributed by atoms with Crippen LogP contribution in [0.4, 0.5) is 0 Å². The lowest BCUT2D eigenvalue weighted by molar-refractivity contribution is -0.260. The highest BCUT2D eigenvalue weighted by molar-refractivity contribution is 6.35. The highest BCUT2D eigenvalue weighted by atomic mass is 16.8. The number of carbonyl (C=O) groups is 2. The number of hydrogen-bond acceptors (Lipinski definition) is 5. The van der Waals surface area contributed by atoms with E-state index in [2.05, 4.69) is 5.32 Å². The zero-order chi connectivity index (χ0) is 13.4. The first kappa shape index (κ1) is 13.5. The van der Waals surface area contributed by atoms with Gasteiger partial charge in [-0.2, -0.15) is 0 Å². The monoisotopic (exact) mass is 257 g/mol. The van der Waals surface area contributed by atoms with E-state index in [0.717, 1.165) is 12.8 Å². The molecule has 2 aliphatic rings. The number of nitrogens with one attached hydrogen (secondary N) is 1. The summed E-state index contributed by atoms with van der Waals surface area (Å²) in [5.41, 5.74) is 0. The number of rotatable bonds is 3. The molecule has 102 valence electrons. The number of ketones is 1. The van der Waals surface area contributed by atoms with Crippen molar-refractivity contribution in [1.82, 2.24) is 5.32 Å². The molecule has 1 amide bonds. The summed E-state index contributed by atoms with van der Waals surface area (Å²) < 4.78 is 17.2. The number of ether oxygens (including phenoxy) is 3. The largest absolute Gasteiger partial charge is 0.346 e. The molecule has 0 spiro atoms. The summed E-state index contributed by atoms with van der Waals surface area (Å²) >= 11 is 0. The summed E-state index contributed by atoms with van der Waals surface area (Å²) in [5, 5.41) is 2.53. The van der Waals surface area contributed by atoms with Crippen LogP contribution in [0.2, 0.25) is 0 Å². The Bertz CT molecular complexity index is 367. The molecule has 6 heteroatoms. The first-order valence-electron chi connectivity index (χ1n) is 6.15. The van der Waals surface area contributed by atoms with Gasteiger partial charge in [0, 0.05) is 6.92 Å². The molecule has 1 N–H and O–H groups in total.